The van der Waals surface area contributed by atoms with Crippen LogP contribution in [0.5, 0.6) is 5.75 Å². The third-order valence-corrected chi connectivity index (χ3v) is 6.58. The van der Waals surface area contributed by atoms with E-state index < -0.39 is 0 Å². The van der Waals surface area contributed by atoms with Crippen LogP contribution in [0.25, 0.3) is 5.69 Å². The second-order valence-corrected chi connectivity index (χ2v) is 8.86. The van der Waals surface area contributed by atoms with Crippen molar-refractivity contribution in [3.63, 3.8) is 0 Å². The highest BCUT2D eigenvalue weighted by Crippen LogP contribution is 2.43. The third-order valence-electron chi connectivity index (χ3n) is 6.27. The number of carbonyl (C=O) groups is 1. The number of hydrogen-bond acceptors (Lipinski definition) is 4. The van der Waals surface area contributed by atoms with Crippen LogP contribution in [0.15, 0.2) is 91.4 Å². The van der Waals surface area contributed by atoms with Gasteiger partial charge in [0.1, 0.15) is 5.75 Å². The van der Waals surface area contributed by atoms with Crippen molar-refractivity contribution in [3.05, 3.63) is 103 Å². The molecule has 7 nitrogen and oxygen atoms in total. The number of benzene rings is 2. The van der Waals surface area contributed by atoms with Crippen molar-refractivity contribution in [2.45, 2.75) is 25.4 Å². The van der Waals surface area contributed by atoms with Gasteiger partial charge < -0.3 is 24.8 Å². The predicted octanol–water partition coefficient (Wildman–Crippen LogP) is 5.41. The fraction of sp³-hybridized carbons (Fsp3) is 0.179. The predicted molar refractivity (Wildman–Crippen MR) is 146 cm³/mol. The Morgan fingerprint density at radius 3 is 2.61 bits per heavy atom. The molecule has 1 amide bonds. The summed E-state index contributed by atoms with van der Waals surface area (Å²) in [5.74, 6) is 0.494. The number of rotatable bonds is 7. The average Bonchev–Trinajstić information content (AvgIpc) is 3.54. The Kier molecular flexibility index (Phi) is 6.69. The maximum absolute atomic E-state index is 12.0. The zero-order valence-electron chi connectivity index (χ0n) is 20.1. The first kappa shape index (κ1) is 23.6. The molecule has 0 unspecified atom stereocenters. The molecule has 1 saturated heterocycles. The van der Waals surface area contributed by atoms with Gasteiger partial charge in [0.15, 0.2) is 5.11 Å². The molecule has 4 aromatic rings. The number of pyridine rings is 1. The lowest BCUT2D eigenvalue weighted by Crippen LogP contribution is -2.29. The minimum Gasteiger partial charge on any atom is -0.494 e. The van der Waals surface area contributed by atoms with Crippen molar-refractivity contribution in [2.24, 2.45) is 0 Å². The number of aromatic nitrogens is 2. The lowest BCUT2D eigenvalue weighted by atomic mass is 9.98. The van der Waals surface area contributed by atoms with Gasteiger partial charge in [-0.05, 0) is 60.2 Å². The van der Waals surface area contributed by atoms with Crippen LogP contribution < -0.4 is 20.3 Å². The highest BCUT2D eigenvalue weighted by Gasteiger charge is 2.41. The molecule has 2 aromatic heterocycles. The standard InChI is InChI=1S/C28H27N5O2S/c1-3-25(34)30-22-13-12-21(17-24(22)35-2)33-27(26(31-28(33)36)23-11-7-8-15-29-23)19-14-16-32(18-19)20-9-5-4-6-10-20/h4-18,26-27H,3H2,1-2H3,(H,30,34)(H,31,36)/t26-,27+/m1/s1. The lowest BCUT2D eigenvalue weighted by molar-refractivity contribution is -0.115. The molecule has 36 heavy (non-hydrogen) atoms. The fourth-order valence-corrected chi connectivity index (χ4v) is 4.84. The van der Waals surface area contributed by atoms with E-state index in [1.165, 1.54) is 0 Å². The summed E-state index contributed by atoms with van der Waals surface area (Å²) < 4.78 is 7.72. The summed E-state index contributed by atoms with van der Waals surface area (Å²) in [6.07, 6.45) is 6.37. The number of nitrogens with one attached hydrogen (secondary N) is 2. The number of carbonyl (C=O) groups excluding carboxylic acids is 1. The van der Waals surface area contributed by atoms with E-state index >= 15 is 0 Å². The maximum Gasteiger partial charge on any atom is 0.224 e. The van der Waals surface area contributed by atoms with Gasteiger partial charge in [-0.1, -0.05) is 31.2 Å². The van der Waals surface area contributed by atoms with Crippen molar-refractivity contribution in [1.82, 2.24) is 14.9 Å². The van der Waals surface area contributed by atoms with Gasteiger partial charge in [-0.2, -0.15) is 0 Å². The monoisotopic (exact) mass is 497 g/mol. The molecular formula is C28H27N5O2S. The first-order valence-corrected chi connectivity index (χ1v) is 12.2. The molecule has 2 aromatic carbocycles. The van der Waals surface area contributed by atoms with Gasteiger partial charge in [0.05, 0.1) is 30.6 Å². The van der Waals surface area contributed by atoms with Crippen LogP contribution in [0.4, 0.5) is 11.4 Å². The van der Waals surface area contributed by atoms with Gasteiger partial charge in [-0.15, -0.1) is 0 Å². The molecule has 3 heterocycles. The Morgan fingerprint density at radius 1 is 1.08 bits per heavy atom. The lowest BCUT2D eigenvalue weighted by Gasteiger charge is -2.28. The summed E-state index contributed by atoms with van der Waals surface area (Å²) in [6.45, 7) is 1.81. The molecule has 0 aliphatic carbocycles. The largest absolute Gasteiger partial charge is 0.494 e. The molecule has 1 aliphatic rings. The zero-order chi connectivity index (χ0) is 25.1. The average molecular weight is 498 g/mol. The molecule has 2 N–H and O–H groups in total. The third kappa shape index (κ3) is 4.55. The van der Waals surface area contributed by atoms with Crippen LogP contribution in [0.2, 0.25) is 0 Å². The van der Waals surface area contributed by atoms with Crippen molar-refractivity contribution < 1.29 is 9.53 Å². The molecule has 0 saturated carbocycles. The molecule has 1 aliphatic heterocycles. The molecule has 182 valence electrons. The quantitative estimate of drug-likeness (QED) is 0.333. The van der Waals surface area contributed by atoms with Crippen molar-refractivity contribution in [3.8, 4) is 11.4 Å². The van der Waals surface area contributed by atoms with Crippen LogP contribution in [0, 0.1) is 0 Å². The van der Waals surface area contributed by atoms with E-state index in [1.54, 1.807) is 13.3 Å². The maximum atomic E-state index is 12.0. The second-order valence-electron chi connectivity index (χ2n) is 8.47. The first-order valence-electron chi connectivity index (χ1n) is 11.8. The number of para-hydroxylation sites is 1. The molecule has 2 atom stereocenters. The van der Waals surface area contributed by atoms with Crippen LogP contribution in [0.3, 0.4) is 0 Å². The fourth-order valence-electron chi connectivity index (χ4n) is 4.49. The zero-order valence-corrected chi connectivity index (χ0v) is 20.9. The molecule has 1 fully saturated rings. The van der Waals surface area contributed by atoms with Gasteiger partial charge in [0, 0.05) is 42.5 Å². The topological polar surface area (TPSA) is 71.4 Å². The molecular weight excluding hydrogens is 470 g/mol. The Labute approximate surface area is 215 Å². The van der Waals surface area contributed by atoms with E-state index in [-0.39, 0.29) is 18.0 Å². The van der Waals surface area contributed by atoms with Gasteiger partial charge >= 0.3 is 0 Å². The van der Waals surface area contributed by atoms with E-state index in [0.717, 1.165) is 22.6 Å². The van der Waals surface area contributed by atoms with E-state index in [0.29, 0.717) is 23.0 Å². The highest BCUT2D eigenvalue weighted by atomic mass is 32.1. The molecule has 0 spiro atoms. The first-order chi connectivity index (χ1) is 17.6. The van der Waals surface area contributed by atoms with Crippen molar-refractivity contribution in [1.29, 1.82) is 0 Å². The van der Waals surface area contributed by atoms with Crippen LogP contribution in [-0.2, 0) is 4.79 Å². The number of methoxy groups -OCH3 is 1. The number of nitrogens with zero attached hydrogens (tertiary/aromatic N) is 3. The Balaban J connectivity index is 1.57. The number of anilines is 2. The molecule has 0 radical (unpaired) electrons. The molecule has 5 rings (SSSR count). The summed E-state index contributed by atoms with van der Waals surface area (Å²) in [6, 6.07) is 23.6. The van der Waals surface area contributed by atoms with Crippen LogP contribution in [-0.4, -0.2) is 27.7 Å². The van der Waals surface area contributed by atoms with Crippen LogP contribution in [0.1, 0.15) is 36.7 Å². The minimum atomic E-state index is -0.157. The van der Waals surface area contributed by atoms with Crippen molar-refractivity contribution >= 4 is 34.6 Å². The van der Waals surface area contributed by atoms with Gasteiger partial charge in [0.2, 0.25) is 5.91 Å². The van der Waals surface area contributed by atoms with Gasteiger partial charge in [0.25, 0.3) is 0 Å². The number of amides is 1. The van der Waals surface area contributed by atoms with Crippen molar-refractivity contribution in [2.75, 3.05) is 17.3 Å². The summed E-state index contributed by atoms with van der Waals surface area (Å²) >= 11 is 5.85. The summed E-state index contributed by atoms with van der Waals surface area (Å²) in [5.41, 5.74) is 4.55. The number of ether oxygens (including phenoxy) is 1. The number of thiocarbonyl (C=S) groups is 1. The van der Waals surface area contributed by atoms with Gasteiger partial charge in [-0.3, -0.25) is 9.78 Å². The van der Waals surface area contributed by atoms with Crippen LogP contribution >= 0.6 is 12.2 Å². The summed E-state index contributed by atoms with van der Waals surface area (Å²) in [7, 11) is 1.59. The number of hydrogen-bond donors (Lipinski definition) is 2. The van der Waals surface area contributed by atoms with E-state index in [1.807, 2.05) is 61.5 Å². The normalized spacial score (nSPS) is 17.1. The Hall–Kier alpha value is -4.17. The Bertz CT molecular complexity index is 1370. The smallest absolute Gasteiger partial charge is 0.224 e. The second kappa shape index (κ2) is 10.2. The summed E-state index contributed by atoms with van der Waals surface area (Å²) in [4.78, 5) is 18.7. The minimum absolute atomic E-state index is 0.0743. The SMILES string of the molecule is CCC(=O)Nc1ccc(N2C(=S)N[C@H](c3ccccn3)[C@@H]2c2ccn(-c3ccccc3)c2)cc1OC. The van der Waals surface area contributed by atoms with E-state index in [9.17, 15) is 4.79 Å². The highest BCUT2D eigenvalue weighted by molar-refractivity contribution is 7.80. The Morgan fingerprint density at radius 2 is 1.89 bits per heavy atom. The molecule has 0 bridgehead atoms. The summed E-state index contributed by atoms with van der Waals surface area (Å²) in [5, 5.41) is 6.97. The van der Waals surface area contributed by atoms with E-state index in [4.69, 9.17) is 17.0 Å². The van der Waals surface area contributed by atoms with Gasteiger partial charge in [-0.25, -0.2) is 0 Å². The molecule has 8 heteroatoms. The van der Waals surface area contributed by atoms with E-state index in [2.05, 4.69) is 55.7 Å².